The summed E-state index contributed by atoms with van der Waals surface area (Å²) in [7, 11) is 0. The van der Waals surface area contributed by atoms with Crippen LogP contribution in [0.4, 0.5) is 0 Å². The predicted octanol–water partition coefficient (Wildman–Crippen LogP) is 4.88. The first-order valence-corrected chi connectivity index (χ1v) is 9.41. The van der Waals surface area contributed by atoms with Gasteiger partial charge in [0.05, 0.1) is 11.6 Å². The van der Waals surface area contributed by atoms with Crippen molar-refractivity contribution in [1.82, 2.24) is 4.90 Å². The molecule has 2 aromatic rings. The molecule has 1 atom stereocenters. The first-order valence-electron chi connectivity index (χ1n) is 9.41. The van der Waals surface area contributed by atoms with Gasteiger partial charge in [-0.15, -0.1) is 6.58 Å². The number of aryl methyl sites for hydroxylation is 1. The van der Waals surface area contributed by atoms with Crippen LogP contribution in [0.2, 0.25) is 0 Å². The Morgan fingerprint density at radius 3 is 2.29 bits per heavy atom. The van der Waals surface area contributed by atoms with E-state index in [4.69, 9.17) is 0 Å². The van der Waals surface area contributed by atoms with Crippen LogP contribution < -0.4 is 0 Å². The highest BCUT2D eigenvalue weighted by Gasteiger charge is 2.43. The van der Waals surface area contributed by atoms with E-state index in [2.05, 4.69) is 20.4 Å². The van der Waals surface area contributed by atoms with E-state index in [9.17, 15) is 14.7 Å². The number of carbonyl (C=O) groups is 2. The summed E-state index contributed by atoms with van der Waals surface area (Å²) < 4.78 is 0. The molecule has 0 aliphatic carbocycles. The van der Waals surface area contributed by atoms with Crippen molar-refractivity contribution in [2.24, 2.45) is 0 Å². The summed E-state index contributed by atoms with van der Waals surface area (Å²) in [5.41, 5.74) is 3.56. The Kier molecular flexibility index (Phi) is 5.50. The minimum Gasteiger partial charge on any atom is -0.503 e. The number of nitrogens with zero attached hydrogens (tertiary/aromatic N) is 1. The van der Waals surface area contributed by atoms with E-state index in [0.29, 0.717) is 11.5 Å². The Labute approximate surface area is 165 Å². The van der Waals surface area contributed by atoms with Crippen LogP contribution in [0.1, 0.15) is 52.9 Å². The molecule has 4 heteroatoms. The van der Waals surface area contributed by atoms with E-state index in [-0.39, 0.29) is 17.9 Å². The Morgan fingerprint density at radius 1 is 1.14 bits per heavy atom. The maximum absolute atomic E-state index is 13.2. The molecule has 1 aliphatic rings. The molecule has 1 amide bonds. The molecule has 0 aromatic heterocycles. The summed E-state index contributed by atoms with van der Waals surface area (Å²) in [4.78, 5) is 27.4. The Morgan fingerprint density at radius 2 is 1.75 bits per heavy atom. The molecule has 144 valence electrons. The maximum Gasteiger partial charge on any atom is 0.290 e. The van der Waals surface area contributed by atoms with Crippen molar-refractivity contribution < 1.29 is 14.7 Å². The van der Waals surface area contributed by atoms with Crippen molar-refractivity contribution in [3.63, 3.8) is 0 Å². The van der Waals surface area contributed by atoms with E-state index in [1.165, 1.54) is 10.5 Å². The van der Waals surface area contributed by atoms with Gasteiger partial charge in [0.25, 0.3) is 5.91 Å². The van der Waals surface area contributed by atoms with Crippen LogP contribution >= 0.6 is 0 Å². The van der Waals surface area contributed by atoms with Gasteiger partial charge in [-0.3, -0.25) is 9.59 Å². The van der Waals surface area contributed by atoms with Crippen molar-refractivity contribution in [2.75, 3.05) is 6.54 Å². The normalized spacial score (nSPS) is 16.8. The summed E-state index contributed by atoms with van der Waals surface area (Å²) in [6.07, 6.45) is 1.60. The molecule has 4 nitrogen and oxygen atoms in total. The number of carbonyl (C=O) groups excluding carboxylic acids is 2. The van der Waals surface area contributed by atoms with Gasteiger partial charge >= 0.3 is 0 Å². The average molecular weight is 375 g/mol. The molecule has 28 heavy (non-hydrogen) atoms. The van der Waals surface area contributed by atoms with Crippen molar-refractivity contribution in [3.05, 3.63) is 94.8 Å². The summed E-state index contributed by atoms with van der Waals surface area (Å²) in [5.74, 6) is -0.991. The molecule has 0 fully saturated rings. The number of hydrogen-bond acceptors (Lipinski definition) is 3. The molecule has 1 unspecified atom stereocenters. The van der Waals surface area contributed by atoms with Gasteiger partial charge in [0.15, 0.2) is 11.5 Å². The number of hydrogen-bond donors (Lipinski definition) is 1. The second kappa shape index (κ2) is 7.85. The second-order valence-electron chi connectivity index (χ2n) is 7.43. The fourth-order valence-corrected chi connectivity index (χ4v) is 3.48. The van der Waals surface area contributed by atoms with Crippen molar-refractivity contribution in [3.8, 4) is 0 Å². The van der Waals surface area contributed by atoms with Crippen LogP contribution in [0.5, 0.6) is 0 Å². The highest BCUT2D eigenvalue weighted by Crippen LogP contribution is 2.39. The molecule has 1 aliphatic heterocycles. The third-order valence-corrected chi connectivity index (χ3v) is 5.11. The zero-order chi connectivity index (χ0) is 20.4. The van der Waals surface area contributed by atoms with Crippen LogP contribution in [0.3, 0.4) is 0 Å². The van der Waals surface area contributed by atoms with Gasteiger partial charge in [0.2, 0.25) is 0 Å². The van der Waals surface area contributed by atoms with E-state index >= 15 is 0 Å². The molecule has 0 saturated carbocycles. The minimum absolute atomic E-state index is 0.119. The monoisotopic (exact) mass is 375 g/mol. The second-order valence-corrected chi connectivity index (χ2v) is 7.43. The van der Waals surface area contributed by atoms with E-state index in [1.54, 1.807) is 18.2 Å². The van der Waals surface area contributed by atoms with Crippen LogP contribution in [0.25, 0.3) is 0 Å². The highest BCUT2D eigenvalue weighted by molar-refractivity contribution is 6.16. The summed E-state index contributed by atoms with van der Waals surface area (Å²) in [5, 5.41) is 10.5. The van der Waals surface area contributed by atoms with Crippen molar-refractivity contribution in [1.29, 1.82) is 0 Å². The summed E-state index contributed by atoms with van der Waals surface area (Å²) in [6, 6.07) is 14.3. The quantitative estimate of drug-likeness (QED) is 0.578. The Hall–Kier alpha value is -3.14. The minimum atomic E-state index is -0.638. The lowest BCUT2D eigenvalue weighted by Gasteiger charge is -2.26. The van der Waals surface area contributed by atoms with Gasteiger partial charge in [0, 0.05) is 12.1 Å². The number of aliphatic hydroxyl groups is 1. The molecule has 0 radical (unpaired) electrons. The average Bonchev–Trinajstić information content (AvgIpc) is 2.93. The maximum atomic E-state index is 13.2. The van der Waals surface area contributed by atoms with E-state index in [1.807, 2.05) is 43.3 Å². The van der Waals surface area contributed by atoms with Gasteiger partial charge in [-0.25, -0.2) is 0 Å². The fraction of sp³-hybridized carbons (Fsp3) is 0.250. The lowest BCUT2D eigenvalue weighted by atomic mass is 9.91. The molecular formula is C24H25NO3. The Bertz CT molecular complexity index is 937. The predicted molar refractivity (Wildman–Crippen MR) is 110 cm³/mol. The first-order chi connectivity index (χ1) is 13.3. The molecule has 1 heterocycles. The largest absolute Gasteiger partial charge is 0.503 e. The van der Waals surface area contributed by atoms with Crippen LogP contribution in [0, 0.1) is 6.92 Å². The molecule has 0 spiro atoms. The first kappa shape index (κ1) is 19.6. The topological polar surface area (TPSA) is 57.6 Å². The fourth-order valence-electron chi connectivity index (χ4n) is 3.48. The molecular weight excluding hydrogens is 350 g/mol. The summed E-state index contributed by atoms with van der Waals surface area (Å²) >= 11 is 0. The van der Waals surface area contributed by atoms with Gasteiger partial charge in [-0.1, -0.05) is 74.0 Å². The standard InChI is InChI=1S/C24H25NO3/c1-5-14-25-21(18-12-10-17(11-13-18)15(2)3)20(23(27)24(25)28)22(26)19-8-6-16(4)7-9-19/h5-13,15,21,27H,1,14H2,2-4H3. The number of benzene rings is 2. The molecule has 0 bridgehead atoms. The van der Waals surface area contributed by atoms with Crippen LogP contribution in [-0.4, -0.2) is 28.2 Å². The van der Waals surface area contributed by atoms with Crippen LogP contribution in [0.15, 0.2) is 72.5 Å². The molecule has 2 aromatic carbocycles. The third-order valence-electron chi connectivity index (χ3n) is 5.11. The zero-order valence-electron chi connectivity index (χ0n) is 16.5. The highest BCUT2D eigenvalue weighted by atomic mass is 16.3. The van der Waals surface area contributed by atoms with Crippen LogP contribution in [-0.2, 0) is 4.79 Å². The number of amides is 1. The lowest BCUT2D eigenvalue weighted by Crippen LogP contribution is -2.31. The van der Waals surface area contributed by atoms with Crippen molar-refractivity contribution >= 4 is 11.7 Å². The molecule has 1 N–H and O–H groups in total. The van der Waals surface area contributed by atoms with Gasteiger partial charge in [-0.05, 0) is 24.0 Å². The number of ketones is 1. The molecule has 3 rings (SSSR count). The van der Waals surface area contributed by atoms with Gasteiger partial charge < -0.3 is 10.0 Å². The third kappa shape index (κ3) is 3.50. The van der Waals surface area contributed by atoms with Gasteiger partial charge in [0.1, 0.15) is 0 Å². The van der Waals surface area contributed by atoms with E-state index in [0.717, 1.165) is 11.1 Å². The number of rotatable bonds is 6. The number of Topliss-reactive ketones (excluding diaryl/α,β-unsaturated/α-hetero) is 1. The van der Waals surface area contributed by atoms with Crippen molar-refractivity contribution in [2.45, 2.75) is 32.7 Å². The summed E-state index contributed by atoms with van der Waals surface area (Å²) in [6.45, 7) is 10.1. The van der Waals surface area contributed by atoms with E-state index < -0.39 is 17.7 Å². The zero-order valence-corrected chi connectivity index (χ0v) is 16.5. The molecule has 0 saturated heterocycles. The smallest absolute Gasteiger partial charge is 0.290 e. The van der Waals surface area contributed by atoms with Gasteiger partial charge in [-0.2, -0.15) is 0 Å². The number of aliphatic hydroxyl groups excluding tert-OH is 1. The lowest BCUT2D eigenvalue weighted by molar-refractivity contribution is -0.128. The SMILES string of the molecule is C=CCN1C(=O)C(O)=C(C(=O)c2ccc(C)cc2)C1c1ccc(C(C)C)cc1. The Balaban J connectivity index is 2.08.